The first-order valence-corrected chi connectivity index (χ1v) is 10.7. The van der Waals surface area contributed by atoms with Crippen LogP contribution in [0, 0.1) is 10.9 Å². The largest absolute Gasteiger partial charge is 0.364 e. The Morgan fingerprint density at radius 2 is 2.07 bits per heavy atom. The number of H-pyrrole nitrogens is 1. The monoisotopic (exact) mass is 447 g/mol. The van der Waals surface area contributed by atoms with Crippen LogP contribution in [0.25, 0.3) is 5.69 Å². The molecule has 3 aromatic rings. The van der Waals surface area contributed by atoms with E-state index < -0.39 is 5.91 Å². The first kappa shape index (κ1) is 21.0. The Morgan fingerprint density at radius 3 is 2.72 bits per heavy atom. The average molecular weight is 448 g/mol. The number of aryl methyl sites for hydroxylation is 1. The van der Waals surface area contributed by atoms with E-state index in [1.807, 2.05) is 18.2 Å². The molecule has 0 aliphatic carbocycles. The Hall–Kier alpha value is -2.76. The Bertz CT molecular complexity index is 1170. The van der Waals surface area contributed by atoms with Crippen LogP contribution in [-0.2, 0) is 4.79 Å². The van der Waals surface area contributed by atoms with E-state index >= 15 is 0 Å². The van der Waals surface area contributed by atoms with Crippen molar-refractivity contribution in [2.45, 2.75) is 18.5 Å². The van der Waals surface area contributed by atoms with Gasteiger partial charge >= 0.3 is 0 Å². The highest BCUT2D eigenvalue weighted by Gasteiger charge is 2.20. The molecule has 0 aliphatic rings. The molecule has 2 aromatic heterocycles. The molecule has 3 rings (SSSR count). The van der Waals surface area contributed by atoms with Gasteiger partial charge in [0, 0.05) is 29.6 Å². The summed E-state index contributed by atoms with van der Waals surface area (Å²) in [5.74, 6) is -0.589. The van der Waals surface area contributed by atoms with Crippen LogP contribution >= 0.6 is 35.3 Å². The van der Waals surface area contributed by atoms with Gasteiger partial charge in [0.25, 0.3) is 11.5 Å². The number of primary amides is 1. The van der Waals surface area contributed by atoms with Gasteiger partial charge < -0.3 is 16.0 Å². The van der Waals surface area contributed by atoms with Crippen molar-refractivity contribution in [1.82, 2.24) is 14.5 Å². The quantitative estimate of drug-likeness (QED) is 0.291. The summed E-state index contributed by atoms with van der Waals surface area (Å²) in [6.45, 7) is 1.72. The van der Waals surface area contributed by atoms with Gasteiger partial charge in [-0.25, -0.2) is 4.98 Å². The van der Waals surface area contributed by atoms with Crippen LogP contribution in [0.15, 0.2) is 46.3 Å². The van der Waals surface area contributed by atoms with E-state index in [0.29, 0.717) is 31.2 Å². The molecule has 0 spiro atoms. The molecule has 0 saturated heterocycles. The lowest BCUT2D eigenvalue weighted by atomic mass is 10.3. The highest BCUT2D eigenvalue weighted by Crippen LogP contribution is 2.29. The first-order chi connectivity index (χ1) is 13.8. The summed E-state index contributed by atoms with van der Waals surface area (Å²) in [7, 11) is 0. The van der Waals surface area contributed by atoms with Crippen LogP contribution in [0.5, 0.6) is 0 Å². The zero-order valence-electron chi connectivity index (χ0n) is 15.3. The smallest absolute Gasteiger partial charge is 0.268 e. The van der Waals surface area contributed by atoms with Crippen molar-refractivity contribution in [1.29, 1.82) is 0 Å². The second-order valence-electron chi connectivity index (χ2n) is 5.92. The fourth-order valence-corrected chi connectivity index (χ4v) is 4.77. The standard InChI is InChI=1S/C18H17N5O3S3/c1-10-9-13(25)22-17(20-10)28-8-7-12(24)21-16-14(15(19)26)23(18(27)29-16)11-5-3-2-4-6-11/h2-6,9H,7-8H2,1H3,(H2,19,26)(H,21,24)(H,20,22,25). The van der Waals surface area contributed by atoms with E-state index in [4.69, 9.17) is 18.0 Å². The average Bonchev–Trinajstić information content (AvgIpc) is 2.97. The summed E-state index contributed by atoms with van der Waals surface area (Å²) in [6.07, 6.45) is 0.149. The minimum Gasteiger partial charge on any atom is -0.364 e. The molecule has 8 nitrogen and oxygen atoms in total. The van der Waals surface area contributed by atoms with Gasteiger partial charge in [-0.2, -0.15) is 0 Å². The van der Waals surface area contributed by atoms with Gasteiger partial charge in [-0.1, -0.05) is 41.3 Å². The maximum absolute atomic E-state index is 12.4. The van der Waals surface area contributed by atoms with Crippen molar-refractivity contribution in [2.75, 3.05) is 11.1 Å². The van der Waals surface area contributed by atoms with Gasteiger partial charge in [0.1, 0.15) is 10.7 Å². The molecule has 0 aliphatic heterocycles. The number of benzene rings is 1. The van der Waals surface area contributed by atoms with Crippen molar-refractivity contribution in [2.24, 2.45) is 5.73 Å². The number of nitrogens with zero attached hydrogens (tertiary/aromatic N) is 2. The number of hydrogen-bond donors (Lipinski definition) is 3. The number of nitrogens with one attached hydrogen (secondary N) is 2. The molecule has 0 bridgehead atoms. The van der Waals surface area contributed by atoms with Gasteiger partial charge in [0.15, 0.2) is 9.11 Å². The number of carbonyl (C=O) groups is 2. The molecule has 11 heteroatoms. The molecule has 150 valence electrons. The van der Waals surface area contributed by atoms with E-state index in [9.17, 15) is 14.4 Å². The number of aromatic nitrogens is 3. The minimum absolute atomic E-state index is 0.136. The third-order valence-electron chi connectivity index (χ3n) is 3.73. The molecule has 0 saturated carbocycles. The molecular formula is C18H17N5O3S3. The van der Waals surface area contributed by atoms with Crippen molar-refractivity contribution in [3.8, 4) is 5.69 Å². The third kappa shape index (κ3) is 5.19. The van der Waals surface area contributed by atoms with Crippen molar-refractivity contribution in [3.63, 3.8) is 0 Å². The molecule has 0 unspecified atom stereocenters. The van der Waals surface area contributed by atoms with Gasteiger partial charge in [-0.15, -0.1) is 0 Å². The molecular weight excluding hydrogens is 430 g/mol. The van der Waals surface area contributed by atoms with Crippen LogP contribution in [0.1, 0.15) is 22.6 Å². The van der Waals surface area contributed by atoms with Crippen molar-refractivity contribution >= 4 is 52.1 Å². The number of anilines is 1. The molecule has 0 atom stereocenters. The van der Waals surface area contributed by atoms with E-state index in [1.54, 1.807) is 23.6 Å². The van der Waals surface area contributed by atoms with Gasteiger partial charge in [-0.05, 0) is 31.3 Å². The SMILES string of the molecule is Cc1cc(=O)[nH]c(SCCC(=O)Nc2sc(=S)n(-c3ccccc3)c2C(N)=O)n1. The Balaban J connectivity index is 1.73. The lowest BCUT2D eigenvalue weighted by molar-refractivity contribution is -0.115. The second-order valence-corrected chi connectivity index (χ2v) is 8.65. The summed E-state index contributed by atoms with van der Waals surface area (Å²) in [4.78, 5) is 42.7. The second kappa shape index (κ2) is 9.16. The number of hydrogen-bond acceptors (Lipinski definition) is 7. The number of aromatic amines is 1. The normalized spacial score (nSPS) is 10.7. The molecule has 0 radical (unpaired) electrons. The van der Waals surface area contributed by atoms with E-state index in [2.05, 4.69) is 15.3 Å². The van der Waals surface area contributed by atoms with Crippen LogP contribution in [-0.4, -0.2) is 32.1 Å². The summed E-state index contributed by atoms with van der Waals surface area (Å²) >= 11 is 7.73. The number of rotatable bonds is 7. The van der Waals surface area contributed by atoms with Crippen LogP contribution in [0.2, 0.25) is 0 Å². The molecule has 29 heavy (non-hydrogen) atoms. The molecule has 4 N–H and O–H groups in total. The highest BCUT2D eigenvalue weighted by atomic mass is 32.2. The van der Waals surface area contributed by atoms with Crippen LogP contribution < -0.4 is 16.6 Å². The van der Waals surface area contributed by atoms with E-state index in [1.165, 1.54) is 17.8 Å². The summed E-state index contributed by atoms with van der Waals surface area (Å²) < 4.78 is 1.95. The maximum atomic E-state index is 12.4. The summed E-state index contributed by atoms with van der Waals surface area (Å²) in [6, 6.07) is 10.5. The number of amides is 2. The maximum Gasteiger partial charge on any atom is 0.268 e. The Kier molecular flexibility index (Phi) is 6.62. The molecule has 2 heterocycles. The van der Waals surface area contributed by atoms with E-state index in [-0.39, 0.29) is 23.6 Å². The van der Waals surface area contributed by atoms with Crippen molar-refractivity contribution in [3.05, 3.63) is 62.1 Å². The van der Waals surface area contributed by atoms with Gasteiger partial charge in [0.05, 0.1) is 0 Å². The summed E-state index contributed by atoms with van der Waals surface area (Å²) in [5.41, 5.74) is 6.74. The minimum atomic E-state index is -0.688. The summed E-state index contributed by atoms with van der Waals surface area (Å²) in [5, 5.41) is 3.48. The zero-order chi connectivity index (χ0) is 21.0. The zero-order valence-corrected chi connectivity index (χ0v) is 17.7. The number of para-hydroxylation sites is 1. The van der Waals surface area contributed by atoms with Gasteiger partial charge in [-0.3, -0.25) is 19.0 Å². The highest BCUT2D eigenvalue weighted by molar-refractivity contribution is 7.99. The lowest BCUT2D eigenvalue weighted by Crippen LogP contribution is -2.20. The van der Waals surface area contributed by atoms with Crippen LogP contribution in [0.4, 0.5) is 5.00 Å². The van der Waals surface area contributed by atoms with Crippen LogP contribution in [0.3, 0.4) is 0 Å². The predicted molar refractivity (Wildman–Crippen MR) is 117 cm³/mol. The number of thiazole rings is 1. The first-order valence-electron chi connectivity index (χ1n) is 8.47. The fraction of sp³-hybridized carbons (Fsp3) is 0.167. The fourth-order valence-electron chi connectivity index (χ4n) is 2.54. The molecule has 2 amide bonds. The Morgan fingerprint density at radius 1 is 1.34 bits per heavy atom. The number of carbonyl (C=O) groups excluding carboxylic acids is 2. The Labute approximate surface area is 179 Å². The number of thioether (sulfide) groups is 1. The topological polar surface area (TPSA) is 123 Å². The predicted octanol–water partition coefficient (Wildman–Crippen LogP) is 2.88. The third-order valence-corrected chi connectivity index (χ3v) is 5.89. The van der Waals surface area contributed by atoms with Gasteiger partial charge in [0.2, 0.25) is 5.91 Å². The lowest BCUT2D eigenvalue weighted by Gasteiger charge is -2.08. The van der Waals surface area contributed by atoms with Crippen molar-refractivity contribution < 1.29 is 9.59 Å². The molecule has 1 aromatic carbocycles. The van der Waals surface area contributed by atoms with E-state index in [0.717, 1.165) is 11.3 Å². The molecule has 0 fully saturated rings. The number of nitrogens with two attached hydrogens (primary N) is 1.